The zero-order chi connectivity index (χ0) is 18.0. The molecule has 0 aliphatic carbocycles. The molecule has 2 rings (SSSR count). The molecule has 0 aromatic carbocycles. The molecule has 140 valence electrons. The fraction of sp³-hybridized carbons (Fsp3) is 0.929. The van der Waals surface area contributed by atoms with Crippen LogP contribution in [0.4, 0.5) is 13.2 Å². The van der Waals surface area contributed by atoms with Gasteiger partial charge in [-0.05, 0) is 32.2 Å². The van der Waals surface area contributed by atoms with E-state index in [-0.39, 0.29) is 31.5 Å². The Morgan fingerprint density at radius 3 is 2.46 bits per heavy atom. The minimum Gasteiger partial charge on any atom is -0.341 e. The number of carbonyl (C=O) groups is 1. The zero-order valence-electron chi connectivity index (χ0n) is 13.7. The molecule has 0 aromatic rings. The molecule has 2 aliphatic heterocycles. The number of carbonyl (C=O) groups excluding carboxylic acids is 1. The van der Waals surface area contributed by atoms with Gasteiger partial charge in [-0.25, -0.2) is 13.1 Å². The van der Waals surface area contributed by atoms with Crippen LogP contribution in [0.2, 0.25) is 0 Å². The van der Waals surface area contributed by atoms with Gasteiger partial charge in [0.15, 0.2) is 0 Å². The summed E-state index contributed by atoms with van der Waals surface area (Å²) in [5.74, 6) is -1.76. The number of rotatable bonds is 4. The highest BCUT2D eigenvalue weighted by Crippen LogP contribution is 2.33. The van der Waals surface area contributed by atoms with Crippen molar-refractivity contribution >= 4 is 15.9 Å². The van der Waals surface area contributed by atoms with Gasteiger partial charge in [0.05, 0.1) is 18.7 Å². The highest BCUT2D eigenvalue weighted by molar-refractivity contribution is 7.88. The molecule has 0 spiro atoms. The van der Waals surface area contributed by atoms with Crippen molar-refractivity contribution in [3.63, 3.8) is 0 Å². The highest BCUT2D eigenvalue weighted by atomic mass is 32.2. The summed E-state index contributed by atoms with van der Waals surface area (Å²) in [6.45, 7) is 1.15. The van der Waals surface area contributed by atoms with E-state index in [1.807, 2.05) is 4.90 Å². The number of piperidine rings is 2. The molecule has 1 amide bonds. The molecule has 2 saturated heterocycles. The molecular weight excluding hydrogens is 347 g/mol. The summed E-state index contributed by atoms with van der Waals surface area (Å²) in [4.78, 5) is 15.4. The first kappa shape index (κ1) is 19.5. The molecule has 2 fully saturated rings. The van der Waals surface area contributed by atoms with E-state index in [9.17, 15) is 26.4 Å². The Morgan fingerprint density at radius 2 is 1.83 bits per heavy atom. The standard InChI is InChI=1S/C14H24F3N3O3S/c1-24(22,23)18-12-5-3-6-19(9-12)10-13(21)20-7-2-4-11(8-20)14(15,16)17/h11-12,18H,2-10H2,1H3. The van der Waals surface area contributed by atoms with E-state index in [4.69, 9.17) is 0 Å². The maximum atomic E-state index is 12.8. The Hall–Kier alpha value is -0.870. The number of halogens is 3. The number of alkyl halides is 3. The second-order valence-electron chi connectivity index (χ2n) is 6.68. The van der Waals surface area contributed by atoms with Crippen LogP contribution in [0.5, 0.6) is 0 Å². The molecule has 1 N–H and O–H groups in total. The molecule has 10 heteroatoms. The Labute approximate surface area is 140 Å². The molecule has 0 radical (unpaired) electrons. The van der Waals surface area contributed by atoms with Gasteiger partial charge in [-0.1, -0.05) is 0 Å². The maximum absolute atomic E-state index is 12.8. The molecule has 0 bridgehead atoms. The number of likely N-dealkylation sites (tertiary alicyclic amines) is 2. The van der Waals surface area contributed by atoms with E-state index < -0.39 is 22.1 Å². The molecule has 6 nitrogen and oxygen atoms in total. The van der Waals surface area contributed by atoms with Gasteiger partial charge in [-0.2, -0.15) is 13.2 Å². The van der Waals surface area contributed by atoms with Crippen molar-refractivity contribution in [1.29, 1.82) is 0 Å². The van der Waals surface area contributed by atoms with E-state index in [0.29, 0.717) is 32.5 Å². The van der Waals surface area contributed by atoms with Crippen molar-refractivity contribution < 1.29 is 26.4 Å². The van der Waals surface area contributed by atoms with Crippen molar-refractivity contribution in [3.05, 3.63) is 0 Å². The molecule has 0 aromatic heterocycles. The summed E-state index contributed by atoms with van der Waals surface area (Å²) in [5.41, 5.74) is 0. The normalized spacial score (nSPS) is 27.2. The van der Waals surface area contributed by atoms with Gasteiger partial charge in [0.25, 0.3) is 0 Å². The SMILES string of the molecule is CS(=O)(=O)NC1CCCN(CC(=O)N2CCCC(C(F)(F)F)C2)C1. The van der Waals surface area contributed by atoms with Crippen LogP contribution in [0, 0.1) is 5.92 Å². The van der Waals surface area contributed by atoms with Gasteiger partial charge >= 0.3 is 6.18 Å². The number of hydrogen-bond acceptors (Lipinski definition) is 4. The van der Waals surface area contributed by atoms with E-state index in [1.165, 1.54) is 4.90 Å². The summed E-state index contributed by atoms with van der Waals surface area (Å²) >= 11 is 0. The molecular formula is C14H24F3N3O3S. The average Bonchev–Trinajstić information content (AvgIpc) is 2.45. The summed E-state index contributed by atoms with van der Waals surface area (Å²) in [5, 5.41) is 0. The van der Waals surface area contributed by atoms with E-state index in [0.717, 1.165) is 12.7 Å². The van der Waals surface area contributed by atoms with Crippen LogP contribution < -0.4 is 4.72 Å². The Bertz CT molecular complexity index is 553. The van der Waals surface area contributed by atoms with Crippen LogP contribution in [0.1, 0.15) is 25.7 Å². The van der Waals surface area contributed by atoms with Gasteiger partial charge in [-0.15, -0.1) is 0 Å². The lowest BCUT2D eigenvalue weighted by atomic mass is 9.97. The molecule has 0 saturated carbocycles. The first-order valence-corrected chi connectivity index (χ1v) is 9.98. The van der Waals surface area contributed by atoms with Crippen LogP contribution in [0.3, 0.4) is 0 Å². The third-order valence-electron chi connectivity index (χ3n) is 4.48. The lowest BCUT2D eigenvalue weighted by Gasteiger charge is -2.37. The minimum atomic E-state index is -4.27. The molecule has 2 aliphatic rings. The van der Waals surface area contributed by atoms with Crippen molar-refractivity contribution in [2.24, 2.45) is 5.92 Å². The monoisotopic (exact) mass is 371 g/mol. The van der Waals surface area contributed by atoms with Crippen LogP contribution in [0.15, 0.2) is 0 Å². The van der Waals surface area contributed by atoms with Crippen LogP contribution >= 0.6 is 0 Å². The fourth-order valence-corrected chi connectivity index (χ4v) is 4.16. The van der Waals surface area contributed by atoms with E-state index in [1.54, 1.807) is 0 Å². The van der Waals surface area contributed by atoms with Gasteiger partial charge < -0.3 is 4.90 Å². The van der Waals surface area contributed by atoms with Crippen LogP contribution in [-0.2, 0) is 14.8 Å². The van der Waals surface area contributed by atoms with Crippen molar-refractivity contribution in [3.8, 4) is 0 Å². The van der Waals surface area contributed by atoms with Gasteiger partial charge in [0.1, 0.15) is 0 Å². The summed E-state index contributed by atoms with van der Waals surface area (Å²) in [7, 11) is -3.32. The molecule has 24 heavy (non-hydrogen) atoms. The zero-order valence-corrected chi connectivity index (χ0v) is 14.5. The first-order chi connectivity index (χ1) is 11.0. The third-order valence-corrected chi connectivity index (χ3v) is 5.24. The molecule has 2 atom stereocenters. The predicted molar refractivity (Wildman–Crippen MR) is 82.8 cm³/mol. The van der Waals surface area contributed by atoms with Gasteiger partial charge in [0.2, 0.25) is 15.9 Å². The minimum absolute atomic E-state index is 0.0342. The lowest BCUT2D eigenvalue weighted by molar-refractivity contribution is -0.188. The summed E-state index contributed by atoms with van der Waals surface area (Å²) in [6.07, 6.45) is -1.33. The maximum Gasteiger partial charge on any atom is 0.393 e. The van der Waals surface area contributed by atoms with Crippen molar-refractivity contribution in [1.82, 2.24) is 14.5 Å². The second kappa shape index (κ2) is 7.57. The number of nitrogens with one attached hydrogen (secondary N) is 1. The summed E-state index contributed by atoms with van der Waals surface area (Å²) < 4.78 is 63.6. The number of amides is 1. The first-order valence-electron chi connectivity index (χ1n) is 8.09. The van der Waals surface area contributed by atoms with E-state index in [2.05, 4.69) is 4.72 Å². The Kier molecular flexibility index (Phi) is 6.14. The molecule has 2 heterocycles. The smallest absolute Gasteiger partial charge is 0.341 e. The predicted octanol–water partition coefficient (Wildman–Crippen LogP) is 0.801. The van der Waals surface area contributed by atoms with Crippen LogP contribution in [0.25, 0.3) is 0 Å². The van der Waals surface area contributed by atoms with Gasteiger partial charge in [0, 0.05) is 25.7 Å². The Balaban J connectivity index is 1.87. The van der Waals surface area contributed by atoms with Crippen LogP contribution in [-0.4, -0.2) is 75.3 Å². The molecule has 2 unspecified atom stereocenters. The Morgan fingerprint density at radius 1 is 1.17 bits per heavy atom. The second-order valence-corrected chi connectivity index (χ2v) is 8.46. The number of hydrogen-bond donors (Lipinski definition) is 1. The van der Waals surface area contributed by atoms with E-state index >= 15 is 0 Å². The average molecular weight is 371 g/mol. The largest absolute Gasteiger partial charge is 0.393 e. The lowest BCUT2D eigenvalue weighted by Crippen LogP contribution is -2.52. The number of nitrogens with zero attached hydrogens (tertiary/aromatic N) is 2. The third kappa shape index (κ3) is 5.89. The van der Waals surface area contributed by atoms with Gasteiger partial charge in [-0.3, -0.25) is 9.69 Å². The highest BCUT2D eigenvalue weighted by Gasteiger charge is 2.42. The quantitative estimate of drug-likeness (QED) is 0.794. The fourth-order valence-electron chi connectivity index (χ4n) is 3.36. The van der Waals surface area contributed by atoms with Crippen molar-refractivity contribution in [2.45, 2.75) is 37.9 Å². The van der Waals surface area contributed by atoms with Crippen molar-refractivity contribution in [2.75, 3.05) is 39.0 Å². The topological polar surface area (TPSA) is 69.7 Å². The number of sulfonamides is 1. The summed E-state index contributed by atoms with van der Waals surface area (Å²) in [6, 6.07) is -0.258.